The van der Waals surface area contributed by atoms with Crippen LogP contribution in [0.5, 0.6) is 0 Å². The van der Waals surface area contributed by atoms with Gasteiger partial charge in [-0.05, 0) is 37.8 Å². The van der Waals surface area contributed by atoms with Gasteiger partial charge in [-0.1, -0.05) is 26.0 Å². The molecule has 4 heteroatoms. The van der Waals surface area contributed by atoms with E-state index in [1.54, 1.807) is 18.2 Å². The molecule has 0 spiro atoms. The average molecular weight is 288 g/mol. The summed E-state index contributed by atoms with van der Waals surface area (Å²) in [6.45, 7) is 7.68. The number of carbonyl (C=O) groups excluding carboxylic acids is 2. The second-order valence-electron chi connectivity index (χ2n) is 6.05. The van der Waals surface area contributed by atoms with Crippen LogP contribution in [0.1, 0.15) is 54.3 Å². The number of rotatable bonds is 4. The molecule has 1 fully saturated rings. The van der Waals surface area contributed by atoms with Crippen molar-refractivity contribution in [3.63, 3.8) is 0 Å². The zero-order chi connectivity index (χ0) is 15.4. The van der Waals surface area contributed by atoms with Crippen molar-refractivity contribution in [3.8, 4) is 0 Å². The Kier molecular flexibility index (Phi) is 4.99. The van der Waals surface area contributed by atoms with E-state index in [1.165, 1.54) is 0 Å². The quantitative estimate of drug-likeness (QED) is 0.926. The highest BCUT2D eigenvalue weighted by atomic mass is 16.2. The van der Waals surface area contributed by atoms with Gasteiger partial charge in [0.15, 0.2) is 0 Å². The van der Waals surface area contributed by atoms with E-state index in [1.807, 2.05) is 17.9 Å². The molecule has 21 heavy (non-hydrogen) atoms. The molecule has 1 N–H and O–H groups in total. The summed E-state index contributed by atoms with van der Waals surface area (Å²) in [5.41, 5.74) is 0.981. The normalized spacial score (nSPS) is 16.1. The number of amides is 2. The van der Waals surface area contributed by atoms with E-state index in [-0.39, 0.29) is 17.9 Å². The van der Waals surface area contributed by atoms with Gasteiger partial charge < -0.3 is 10.2 Å². The molecule has 114 valence electrons. The topological polar surface area (TPSA) is 49.4 Å². The van der Waals surface area contributed by atoms with Crippen LogP contribution >= 0.6 is 0 Å². The van der Waals surface area contributed by atoms with Gasteiger partial charge in [-0.25, -0.2) is 0 Å². The SMILES string of the molecule is CC(C)C(C)NC(=O)c1ccccc1C(=O)N1CCCC1. The van der Waals surface area contributed by atoms with Gasteiger partial charge in [-0.15, -0.1) is 0 Å². The smallest absolute Gasteiger partial charge is 0.254 e. The molecule has 2 amide bonds. The molecule has 1 aromatic carbocycles. The average Bonchev–Trinajstić information content (AvgIpc) is 3.00. The Balaban J connectivity index is 2.20. The third-order valence-electron chi connectivity index (χ3n) is 4.15. The van der Waals surface area contributed by atoms with Gasteiger partial charge in [0.1, 0.15) is 0 Å². The Morgan fingerprint density at radius 1 is 1.05 bits per heavy atom. The summed E-state index contributed by atoms with van der Waals surface area (Å²) in [4.78, 5) is 26.8. The number of carbonyl (C=O) groups is 2. The highest BCUT2D eigenvalue weighted by Crippen LogP contribution is 2.17. The van der Waals surface area contributed by atoms with Gasteiger partial charge >= 0.3 is 0 Å². The minimum Gasteiger partial charge on any atom is -0.349 e. The molecule has 1 aromatic rings. The van der Waals surface area contributed by atoms with Gasteiger partial charge in [-0.3, -0.25) is 9.59 Å². The standard InChI is InChI=1S/C17H24N2O2/c1-12(2)13(3)18-16(20)14-8-4-5-9-15(14)17(21)19-10-6-7-11-19/h4-5,8-9,12-13H,6-7,10-11H2,1-3H3,(H,18,20). The summed E-state index contributed by atoms with van der Waals surface area (Å²) in [6.07, 6.45) is 2.09. The molecule has 1 aliphatic rings. The Morgan fingerprint density at radius 2 is 1.62 bits per heavy atom. The summed E-state index contributed by atoms with van der Waals surface area (Å²) < 4.78 is 0. The molecular formula is C17H24N2O2. The van der Waals surface area contributed by atoms with Crippen LogP contribution in [0.2, 0.25) is 0 Å². The molecule has 1 aliphatic heterocycles. The van der Waals surface area contributed by atoms with Crippen molar-refractivity contribution < 1.29 is 9.59 Å². The van der Waals surface area contributed by atoms with E-state index >= 15 is 0 Å². The molecule has 4 nitrogen and oxygen atoms in total. The van der Waals surface area contributed by atoms with Crippen molar-refractivity contribution in [2.75, 3.05) is 13.1 Å². The zero-order valence-electron chi connectivity index (χ0n) is 13.1. The molecule has 0 saturated carbocycles. The Hall–Kier alpha value is -1.84. The molecule has 1 saturated heterocycles. The van der Waals surface area contributed by atoms with Gasteiger partial charge in [-0.2, -0.15) is 0 Å². The predicted octanol–water partition coefficient (Wildman–Crippen LogP) is 2.70. The molecule has 0 aliphatic carbocycles. The number of hydrogen-bond acceptors (Lipinski definition) is 2. The summed E-state index contributed by atoms with van der Waals surface area (Å²) in [6, 6.07) is 7.16. The first-order valence-corrected chi connectivity index (χ1v) is 7.70. The second kappa shape index (κ2) is 6.74. The van der Waals surface area contributed by atoms with Crippen molar-refractivity contribution >= 4 is 11.8 Å². The lowest BCUT2D eigenvalue weighted by Crippen LogP contribution is -2.37. The third-order valence-corrected chi connectivity index (χ3v) is 4.15. The maximum atomic E-state index is 12.5. The van der Waals surface area contributed by atoms with Crippen molar-refractivity contribution in [2.45, 2.75) is 39.7 Å². The third kappa shape index (κ3) is 3.63. The molecule has 1 unspecified atom stereocenters. The largest absolute Gasteiger partial charge is 0.349 e. The summed E-state index contributed by atoms with van der Waals surface area (Å²) in [7, 11) is 0. The summed E-state index contributed by atoms with van der Waals surface area (Å²) >= 11 is 0. The Morgan fingerprint density at radius 3 is 2.19 bits per heavy atom. The lowest BCUT2D eigenvalue weighted by atomic mass is 10.0. The van der Waals surface area contributed by atoms with Crippen molar-refractivity contribution in [2.24, 2.45) is 5.92 Å². The number of nitrogens with zero attached hydrogens (tertiary/aromatic N) is 1. The predicted molar refractivity (Wildman–Crippen MR) is 83.3 cm³/mol. The van der Waals surface area contributed by atoms with Crippen LogP contribution in [-0.2, 0) is 0 Å². The molecule has 0 bridgehead atoms. The van der Waals surface area contributed by atoms with Crippen LogP contribution in [-0.4, -0.2) is 35.8 Å². The van der Waals surface area contributed by atoms with E-state index in [0.717, 1.165) is 25.9 Å². The van der Waals surface area contributed by atoms with E-state index in [2.05, 4.69) is 19.2 Å². The highest BCUT2D eigenvalue weighted by Gasteiger charge is 2.24. The fourth-order valence-corrected chi connectivity index (χ4v) is 2.41. The van der Waals surface area contributed by atoms with Crippen molar-refractivity contribution in [3.05, 3.63) is 35.4 Å². The number of benzene rings is 1. The van der Waals surface area contributed by atoms with E-state index in [4.69, 9.17) is 0 Å². The van der Waals surface area contributed by atoms with E-state index in [0.29, 0.717) is 17.0 Å². The maximum Gasteiger partial charge on any atom is 0.254 e. The summed E-state index contributed by atoms with van der Waals surface area (Å²) in [5.74, 6) is 0.158. The van der Waals surface area contributed by atoms with E-state index in [9.17, 15) is 9.59 Å². The lowest BCUT2D eigenvalue weighted by molar-refractivity contribution is 0.0783. The van der Waals surface area contributed by atoms with Gasteiger partial charge in [0, 0.05) is 19.1 Å². The molecule has 0 radical (unpaired) electrons. The second-order valence-corrected chi connectivity index (χ2v) is 6.05. The van der Waals surface area contributed by atoms with E-state index < -0.39 is 0 Å². The van der Waals surface area contributed by atoms with Crippen LogP contribution in [0, 0.1) is 5.92 Å². The Bertz CT molecular complexity index is 519. The van der Waals surface area contributed by atoms with Crippen LogP contribution in [0.25, 0.3) is 0 Å². The lowest BCUT2D eigenvalue weighted by Gasteiger charge is -2.20. The molecular weight excluding hydrogens is 264 g/mol. The highest BCUT2D eigenvalue weighted by molar-refractivity contribution is 6.07. The number of hydrogen-bond donors (Lipinski definition) is 1. The Labute approximate surface area is 126 Å². The van der Waals surface area contributed by atoms with Gasteiger partial charge in [0.05, 0.1) is 11.1 Å². The molecule has 2 rings (SSSR count). The number of nitrogens with one attached hydrogen (secondary N) is 1. The van der Waals surface area contributed by atoms with Gasteiger partial charge in [0.25, 0.3) is 11.8 Å². The van der Waals surface area contributed by atoms with Crippen LogP contribution in [0.4, 0.5) is 0 Å². The minimum absolute atomic E-state index is 0.0320. The summed E-state index contributed by atoms with van der Waals surface area (Å²) in [5, 5.41) is 2.97. The zero-order valence-corrected chi connectivity index (χ0v) is 13.1. The first-order chi connectivity index (χ1) is 10.0. The maximum absolute atomic E-state index is 12.5. The monoisotopic (exact) mass is 288 g/mol. The number of likely N-dealkylation sites (tertiary alicyclic amines) is 1. The van der Waals surface area contributed by atoms with Crippen LogP contribution in [0.15, 0.2) is 24.3 Å². The van der Waals surface area contributed by atoms with Crippen LogP contribution in [0.3, 0.4) is 0 Å². The van der Waals surface area contributed by atoms with Gasteiger partial charge in [0.2, 0.25) is 0 Å². The van der Waals surface area contributed by atoms with Crippen LogP contribution < -0.4 is 5.32 Å². The van der Waals surface area contributed by atoms with Crippen molar-refractivity contribution in [1.82, 2.24) is 10.2 Å². The van der Waals surface area contributed by atoms with Crippen molar-refractivity contribution in [1.29, 1.82) is 0 Å². The fourth-order valence-electron chi connectivity index (χ4n) is 2.41. The first-order valence-electron chi connectivity index (χ1n) is 7.70. The minimum atomic E-state index is -0.167. The molecule has 1 atom stereocenters. The molecule has 1 heterocycles. The first kappa shape index (κ1) is 15.5. The molecule has 0 aromatic heterocycles. The fraction of sp³-hybridized carbons (Fsp3) is 0.529.